The number of rotatable bonds is 8. The molecular formula is C27H32N2O6. The van der Waals surface area contributed by atoms with Crippen LogP contribution in [0.4, 0.5) is 0 Å². The number of hydrogen-bond acceptors (Lipinski definition) is 7. The minimum absolute atomic E-state index is 0.0526. The quantitative estimate of drug-likeness (QED) is 0.353. The van der Waals surface area contributed by atoms with Crippen molar-refractivity contribution >= 4 is 17.4 Å². The molecule has 2 aromatic rings. The van der Waals surface area contributed by atoms with Crippen molar-refractivity contribution in [2.24, 2.45) is 0 Å². The van der Waals surface area contributed by atoms with Gasteiger partial charge >= 0.3 is 0 Å². The molecule has 0 bridgehead atoms. The molecule has 8 heteroatoms. The Morgan fingerprint density at radius 3 is 2.40 bits per heavy atom. The number of carbonyl (C=O) groups is 2. The van der Waals surface area contributed by atoms with E-state index >= 15 is 0 Å². The predicted octanol–water partition coefficient (Wildman–Crippen LogP) is 3.16. The SMILES string of the molecule is COc1cccc([C@H]2C(=C(O)c3ccc(C)cc3)C(=O)C(=O)N2CCCN2CCOCC2)c1OC. The van der Waals surface area contributed by atoms with Gasteiger partial charge in [0.2, 0.25) is 0 Å². The number of hydrogen-bond donors (Lipinski definition) is 1. The molecule has 8 nitrogen and oxygen atoms in total. The highest BCUT2D eigenvalue weighted by Crippen LogP contribution is 2.45. The lowest BCUT2D eigenvalue weighted by Crippen LogP contribution is -2.39. The first-order chi connectivity index (χ1) is 17.0. The Morgan fingerprint density at radius 1 is 1.03 bits per heavy atom. The molecular weight excluding hydrogens is 448 g/mol. The summed E-state index contributed by atoms with van der Waals surface area (Å²) < 4.78 is 16.5. The second-order valence-corrected chi connectivity index (χ2v) is 8.75. The lowest BCUT2D eigenvalue weighted by atomic mass is 9.94. The third-order valence-corrected chi connectivity index (χ3v) is 6.57. The normalized spacial score (nSPS) is 20.3. The standard InChI is InChI=1S/C27H32N2O6/c1-18-8-10-19(11-9-18)24(30)22-23(20-6-4-7-21(33-2)26(20)34-3)29(27(32)25(22)31)13-5-12-28-14-16-35-17-15-28/h4,6-11,23,30H,5,12-17H2,1-3H3/t23-/m0/s1. The number of carbonyl (C=O) groups excluding carboxylic acids is 2. The lowest BCUT2D eigenvalue weighted by Gasteiger charge is -2.30. The first-order valence-corrected chi connectivity index (χ1v) is 11.8. The van der Waals surface area contributed by atoms with Gasteiger partial charge in [0.05, 0.1) is 39.0 Å². The Hall–Kier alpha value is -3.36. The molecule has 0 unspecified atom stereocenters. The molecule has 2 aliphatic heterocycles. The zero-order valence-electron chi connectivity index (χ0n) is 20.5. The Morgan fingerprint density at radius 2 is 1.74 bits per heavy atom. The van der Waals surface area contributed by atoms with E-state index in [0.717, 1.165) is 25.2 Å². The second-order valence-electron chi connectivity index (χ2n) is 8.75. The highest BCUT2D eigenvalue weighted by molar-refractivity contribution is 6.46. The molecule has 2 heterocycles. The molecule has 1 atom stereocenters. The van der Waals surface area contributed by atoms with E-state index in [1.807, 2.05) is 19.1 Å². The van der Waals surface area contributed by atoms with Gasteiger partial charge in [-0.2, -0.15) is 0 Å². The van der Waals surface area contributed by atoms with E-state index in [4.69, 9.17) is 14.2 Å². The third-order valence-electron chi connectivity index (χ3n) is 6.57. The highest BCUT2D eigenvalue weighted by atomic mass is 16.5. The Balaban J connectivity index is 1.75. The van der Waals surface area contributed by atoms with Crippen molar-refractivity contribution in [3.8, 4) is 11.5 Å². The fourth-order valence-corrected chi connectivity index (χ4v) is 4.72. The maximum absolute atomic E-state index is 13.3. The predicted molar refractivity (Wildman–Crippen MR) is 132 cm³/mol. The number of nitrogens with zero attached hydrogens (tertiary/aromatic N) is 2. The summed E-state index contributed by atoms with van der Waals surface area (Å²) in [4.78, 5) is 30.4. The molecule has 4 rings (SSSR count). The van der Waals surface area contributed by atoms with Gasteiger partial charge in [-0.15, -0.1) is 0 Å². The molecule has 0 spiro atoms. The van der Waals surface area contributed by atoms with E-state index in [1.165, 1.54) is 14.2 Å². The molecule has 0 saturated carbocycles. The summed E-state index contributed by atoms with van der Waals surface area (Å²) in [5, 5.41) is 11.3. The number of para-hydroxylation sites is 1. The van der Waals surface area contributed by atoms with E-state index in [0.29, 0.717) is 48.8 Å². The average Bonchev–Trinajstić information content (AvgIpc) is 3.13. The van der Waals surface area contributed by atoms with Gasteiger partial charge in [0.25, 0.3) is 11.7 Å². The van der Waals surface area contributed by atoms with Crippen molar-refractivity contribution in [3.63, 3.8) is 0 Å². The van der Waals surface area contributed by atoms with Crippen LogP contribution in [0.25, 0.3) is 5.76 Å². The van der Waals surface area contributed by atoms with Gasteiger partial charge in [-0.05, 0) is 19.4 Å². The molecule has 0 aromatic heterocycles. The molecule has 186 valence electrons. The second kappa shape index (κ2) is 10.9. The van der Waals surface area contributed by atoms with Crippen LogP contribution in [0.3, 0.4) is 0 Å². The van der Waals surface area contributed by atoms with E-state index in [2.05, 4.69) is 4.90 Å². The van der Waals surface area contributed by atoms with Crippen LogP contribution >= 0.6 is 0 Å². The van der Waals surface area contributed by atoms with Gasteiger partial charge in [0.1, 0.15) is 5.76 Å². The van der Waals surface area contributed by atoms with Crippen molar-refractivity contribution in [2.75, 3.05) is 53.6 Å². The summed E-state index contributed by atoms with van der Waals surface area (Å²) in [6, 6.07) is 11.8. The van der Waals surface area contributed by atoms with Crippen LogP contribution in [0.1, 0.15) is 29.2 Å². The molecule has 1 N–H and O–H groups in total. The molecule has 35 heavy (non-hydrogen) atoms. The largest absolute Gasteiger partial charge is 0.507 e. The van der Waals surface area contributed by atoms with Gasteiger partial charge in [-0.1, -0.05) is 42.0 Å². The number of methoxy groups -OCH3 is 2. The first kappa shape index (κ1) is 24.8. The summed E-state index contributed by atoms with van der Waals surface area (Å²) in [7, 11) is 3.05. The van der Waals surface area contributed by atoms with Crippen molar-refractivity contribution in [1.82, 2.24) is 9.80 Å². The van der Waals surface area contributed by atoms with Crippen molar-refractivity contribution in [3.05, 3.63) is 64.7 Å². The van der Waals surface area contributed by atoms with Gasteiger partial charge in [0.15, 0.2) is 11.5 Å². The maximum atomic E-state index is 13.3. The van der Waals surface area contributed by atoms with E-state index < -0.39 is 17.7 Å². The zero-order valence-corrected chi connectivity index (χ0v) is 20.5. The van der Waals surface area contributed by atoms with Gasteiger partial charge in [-0.25, -0.2) is 0 Å². The smallest absolute Gasteiger partial charge is 0.295 e. The number of aliphatic hydroxyl groups excluding tert-OH is 1. The molecule has 0 aliphatic carbocycles. The summed E-state index contributed by atoms with van der Waals surface area (Å²) in [6.07, 6.45) is 0.681. The fourth-order valence-electron chi connectivity index (χ4n) is 4.72. The van der Waals surface area contributed by atoms with Crippen LogP contribution in [0.15, 0.2) is 48.0 Å². The number of Topliss-reactive ketones (excluding diaryl/α,β-unsaturated/α-hetero) is 1. The van der Waals surface area contributed by atoms with Crippen molar-refractivity contribution in [2.45, 2.75) is 19.4 Å². The number of benzene rings is 2. The molecule has 1 amide bonds. The topological polar surface area (TPSA) is 88.5 Å². The monoisotopic (exact) mass is 480 g/mol. The minimum Gasteiger partial charge on any atom is -0.507 e. The van der Waals surface area contributed by atoms with Crippen molar-refractivity contribution in [1.29, 1.82) is 0 Å². The van der Waals surface area contributed by atoms with E-state index in [-0.39, 0.29) is 11.3 Å². The minimum atomic E-state index is -0.800. The van der Waals surface area contributed by atoms with Crippen molar-refractivity contribution < 1.29 is 28.9 Å². The number of aliphatic hydroxyl groups is 1. The Bertz CT molecular complexity index is 1110. The van der Waals surface area contributed by atoms with Crippen LogP contribution in [-0.2, 0) is 14.3 Å². The van der Waals surface area contributed by atoms with Gasteiger partial charge in [-0.3, -0.25) is 14.5 Å². The molecule has 2 fully saturated rings. The van der Waals surface area contributed by atoms with Crippen LogP contribution in [0.5, 0.6) is 11.5 Å². The summed E-state index contributed by atoms with van der Waals surface area (Å²) >= 11 is 0. The summed E-state index contributed by atoms with van der Waals surface area (Å²) in [5.41, 5.74) is 2.15. The number of ether oxygens (including phenoxy) is 3. The number of amides is 1. The number of likely N-dealkylation sites (tertiary alicyclic amines) is 1. The number of aryl methyl sites for hydroxylation is 1. The van der Waals surface area contributed by atoms with E-state index in [1.54, 1.807) is 35.2 Å². The third kappa shape index (κ3) is 5.04. The Labute approximate surface area is 205 Å². The first-order valence-electron chi connectivity index (χ1n) is 11.8. The van der Waals surface area contributed by atoms with Crippen LogP contribution in [0.2, 0.25) is 0 Å². The summed E-state index contributed by atoms with van der Waals surface area (Å²) in [5.74, 6) is -0.622. The summed E-state index contributed by atoms with van der Waals surface area (Å²) in [6.45, 7) is 6.17. The Kier molecular flexibility index (Phi) is 7.73. The van der Waals surface area contributed by atoms with Gasteiger partial charge in [0, 0.05) is 37.3 Å². The van der Waals surface area contributed by atoms with Crippen LogP contribution in [0, 0.1) is 6.92 Å². The molecule has 2 aromatic carbocycles. The van der Waals surface area contributed by atoms with Crippen LogP contribution in [-0.4, -0.2) is 80.2 Å². The lowest BCUT2D eigenvalue weighted by molar-refractivity contribution is -0.140. The maximum Gasteiger partial charge on any atom is 0.295 e. The number of morpholine rings is 1. The molecule has 0 radical (unpaired) electrons. The number of ketones is 1. The fraction of sp³-hybridized carbons (Fsp3) is 0.407. The van der Waals surface area contributed by atoms with Crippen LogP contribution < -0.4 is 9.47 Å². The molecule has 2 aliphatic rings. The highest BCUT2D eigenvalue weighted by Gasteiger charge is 2.47. The van der Waals surface area contributed by atoms with E-state index in [9.17, 15) is 14.7 Å². The van der Waals surface area contributed by atoms with Gasteiger partial charge < -0.3 is 24.2 Å². The zero-order chi connectivity index (χ0) is 24.9. The average molecular weight is 481 g/mol. The molecule has 2 saturated heterocycles.